The molecule has 31 heavy (non-hydrogen) atoms. The van der Waals surface area contributed by atoms with Crippen LogP contribution in [0.3, 0.4) is 0 Å². The van der Waals surface area contributed by atoms with Crippen molar-refractivity contribution in [1.29, 1.82) is 0 Å². The van der Waals surface area contributed by atoms with E-state index in [1.54, 1.807) is 30.3 Å². The summed E-state index contributed by atoms with van der Waals surface area (Å²) in [6.07, 6.45) is 1.51. The van der Waals surface area contributed by atoms with Crippen molar-refractivity contribution in [2.24, 2.45) is 4.99 Å². The molecule has 0 unspecified atom stereocenters. The fraction of sp³-hybridized carbons (Fsp3) is 0.0952. The highest BCUT2D eigenvalue weighted by Gasteiger charge is 2.15. The van der Waals surface area contributed by atoms with Crippen LogP contribution in [0.15, 0.2) is 57.9 Å². The molecule has 0 bridgehead atoms. The number of methoxy groups -OCH3 is 1. The Bertz CT molecular complexity index is 1120. The molecule has 0 aliphatic carbocycles. The number of anilines is 1. The minimum atomic E-state index is -0.858. The molecule has 2 N–H and O–H groups in total. The molecule has 0 atom stereocenters. The number of amides is 2. The van der Waals surface area contributed by atoms with Crippen molar-refractivity contribution in [2.45, 2.75) is 6.54 Å². The van der Waals surface area contributed by atoms with Gasteiger partial charge in [-0.15, -0.1) is 0 Å². The van der Waals surface area contributed by atoms with Crippen LogP contribution in [0, 0.1) is 0 Å². The molecule has 3 rings (SSSR count). The van der Waals surface area contributed by atoms with Gasteiger partial charge < -0.3 is 19.8 Å². The van der Waals surface area contributed by atoms with Gasteiger partial charge in [0.2, 0.25) is 0 Å². The number of furan rings is 1. The van der Waals surface area contributed by atoms with Gasteiger partial charge in [-0.05, 0) is 48.5 Å². The van der Waals surface area contributed by atoms with E-state index in [1.165, 1.54) is 31.5 Å². The van der Waals surface area contributed by atoms with Crippen molar-refractivity contribution >= 4 is 64.2 Å². The fourth-order valence-electron chi connectivity index (χ4n) is 2.49. The molecular weight excluding hydrogens is 465 g/mol. The molecule has 0 saturated heterocycles. The quantitative estimate of drug-likeness (QED) is 0.372. The monoisotopic (exact) mass is 479 g/mol. The van der Waals surface area contributed by atoms with E-state index in [2.05, 4.69) is 15.6 Å². The van der Waals surface area contributed by atoms with E-state index in [0.29, 0.717) is 43.7 Å². The van der Waals surface area contributed by atoms with Gasteiger partial charge in [-0.1, -0.05) is 34.8 Å². The first-order valence-electron chi connectivity index (χ1n) is 8.85. The molecule has 1 aromatic heterocycles. The van der Waals surface area contributed by atoms with Crippen molar-refractivity contribution in [2.75, 3.05) is 12.4 Å². The van der Waals surface area contributed by atoms with Crippen LogP contribution in [0.2, 0.25) is 15.1 Å². The molecule has 2 aromatic carbocycles. The molecule has 7 nitrogen and oxygen atoms in total. The van der Waals surface area contributed by atoms with Gasteiger partial charge in [0.15, 0.2) is 0 Å². The third-order valence-electron chi connectivity index (χ3n) is 3.91. The Labute approximate surface area is 193 Å². The number of halogens is 3. The number of ether oxygens (including phenoxy) is 1. The topological polar surface area (TPSA) is 92.9 Å². The van der Waals surface area contributed by atoms with Crippen LogP contribution in [0.25, 0.3) is 0 Å². The molecule has 0 spiro atoms. The Balaban J connectivity index is 1.54. The third kappa shape index (κ3) is 6.49. The zero-order valence-corrected chi connectivity index (χ0v) is 18.4. The van der Waals surface area contributed by atoms with Gasteiger partial charge in [0.05, 0.1) is 30.6 Å². The van der Waals surface area contributed by atoms with Gasteiger partial charge in [0.25, 0.3) is 0 Å². The minimum absolute atomic E-state index is 0.0186. The van der Waals surface area contributed by atoms with Crippen LogP contribution in [0.4, 0.5) is 11.4 Å². The van der Waals surface area contributed by atoms with E-state index in [9.17, 15) is 9.59 Å². The molecule has 0 radical (unpaired) electrons. The van der Waals surface area contributed by atoms with Gasteiger partial charge in [-0.3, -0.25) is 14.6 Å². The van der Waals surface area contributed by atoms with Crippen molar-refractivity contribution in [1.82, 2.24) is 5.32 Å². The average molecular weight is 481 g/mol. The van der Waals surface area contributed by atoms with E-state index in [0.717, 1.165) is 0 Å². The van der Waals surface area contributed by atoms with E-state index in [1.807, 2.05) is 0 Å². The van der Waals surface area contributed by atoms with Crippen LogP contribution < -0.4 is 15.4 Å². The van der Waals surface area contributed by atoms with Crippen LogP contribution in [0.1, 0.15) is 11.5 Å². The molecule has 2 amide bonds. The van der Waals surface area contributed by atoms with Gasteiger partial charge >= 0.3 is 11.8 Å². The number of hydrogen-bond acceptors (Lipinski definition) is 5. The maximum Gasteiger partial charge on any atom is 0.313 e. The van der Waals surface area contributed by atoms with Crippen molar-refractivity contribution in [3.63, 3.8) is 0 Å². The highest BCUT2D eigenvalue weighted by Crippen LogP contribution is 2.28. The van der Waals surface area contributed by atoms with E-state index < -0.39 is 11.8 Å². The summed E-state index contributed by atoms with van der Waals surface area (Å²) in [7, 11) is 1.53. The number of carbonyl (C=O) groups excluding carboxylic acids is 2. The summed E-state index contributed by atoms with van der Waals surface area (Å²) >= 11 is 17.8. The SMILES string of the molecule is COc1ccc(N=Cc2ccc(CNC(=O)C(=O)Nc3cc(Cl)cc(Cl)c3)o2)cc1Cl. The van der Waals surface area contributed by atoms with Gasteiger partial charge in [0.1, 0.15) is 17.3 Å². The lowest BCUT2D eigenvalue weighted by Crippen LogP contribution is -2.34. The molecule has 3 aromatic rings. The summed E-state index contributed by atoms with van der Waals surface area (Å²) < 4.78 is 10.7. The predicted octanol–water partition coefficient (Wildman–Crippen LogP) is 5.25. The molecule has 0 saturated carbocycles. The Morgan fingerprint density at radius 2 is 1.77 bits per heavy atom. The Morgan fingerprint density at radius 3 is 2.45 bits per heavy atom. The smallest absolute Gasteiger partial charge is 0.313 e. The average Bonchev–Trinajstić information content (AvgIpc) is 3.17. The summed E-state index contributed by atoms with van der Waals surface area (Å²) in [5.74, 6) is -0.229. The van der Waals surface area contributed by atoms with Crippen LogP contribution in [-0.4, -0.2) is 25.1 Å². The van der Waals surface area contributed by atoms with Crippen molar-refractivity contribution in [3.05, 3.63) is 75.1 Å². The van der Waals surface area contributed by atoms with Gasteiger partial charge in [0, 0.05) is 15.7 Å². The largest absolute Gasteiger partial charge is 0.495 e. The normalized spacial score (nSPS) is 10.8. The van der Waals surface area contributed by atoms with Crippen LogP contribution in [0.5, 0.6) is 5.75 Å². The number of nitrogens with zero attached hydrogens (tertiary/aromatic N) is 1. The predicted molar refractivity (Wildman–Crippen MR) is 121 cm³/mol. The number of aliphatic imine (C=N–C) groups is 1. The minimum Gasteiger partial charge on any atom is -0.495 e. The first-order chi connectivity index (χ1) is 14.8. The summed E-state index contributed by atoms with van der Waals surface area (Å²) in [6.45, 7) is 0.0186. The second-order valence-corrected chi connectivity index (χ2v) is 7.46. The first-order valence-corrected chi connectivity index (χ1v) is 9.99. The molecule has 160 valence electrons. The molecular formula is C21H16Cl3N3O4. The first kappa shape index (κ1) is 22.7. The maximum absolute atomic E-state index is 12.0. The zero-order chi connectivity index (χ0) is 22.4. The standard InChI is InChI=1S/C21H16Cl3N3O4/c1-30-19-5-2-14(9-18(19)24)25-10-16-3-4-17(31-16)11-26-20(28)21(29)27-15-7-12(22)6-13(23)8-15/h2-10H,11H2,1H3,(H,26,28)(H,27,29). The van der Waals surface area contributed by atoms with E-state index in [4.69, 9.17) is 44.0 Å². The summed E-state index contributed by atoms with van der Waals surface area (Å²) in [4.78, 5) is 28.3. The summed E-state index contributed by atoms with van der Waals surface area (Å²) in [5.41, 5.74) is 0.933. The lowest BCUT2D eigenvalue weighted by molar-refractivity contribution is -0.136. The Kier molecular flexibility index (Phi) is 7.57. The number of benzene rings is 2. The highest BCUT2D eigenvalue weighted by molar-refractivity contribution is 6.40. The molecule has 10 heteroatoms. The Hall–Kier alpha value is -3.00. The second kappa shape index (κ2) is 10.3. The number of hydrogen-bond donors (Lipinski definition) is 2. The molecule has 1 heterocycles. The third-order valence-corrected chi connectivity index (χ3v) is 4.64. The highest BCUT2D eigenvalue weighted by atomic mass is 35.5. The van der Waals surface area contributed by atoms with Gasteiger partial charge in [-0.25, -0.2) is 0 Å². The van der Waals surface area contributed by atoms with E-state index in [-0.39, 0.29) is 6.54 Å². The zero-order valence-electron chi connectivity index (χ0n) is 16.1. The lowest BCUT2D eigenvalue weighted by Gasteiger charge is -2.06. The number of rotatable bonds is 6. The van der Waals surface area contributed by atoms with Crippen LogP contribution in [-0.2, 0) is 16.1 Å². The molecule has 0 aliphatic rings. The Morgan fingerprint density at radius 1 is 1.03 bits per heavy atom. The maximum atomic E-state index is 12.0. The van der Waals surface area contributed by atoms with Gasteiger partial charge in [-0.2, -0.15) is 0 Å². The number of nitrogens with one attached hydrogen (secondary N) is 2. The fourth-order valence-corrected chi connectivity index (χ4v) is 3.27. The molecule has 0 fully saturated rings. The van der Waals surface area contributed by atoms with Crippen LogP contribution >= 0.6 is 34.8 Å². The van der Waals surface area contributed by atoms with E-state index >= 15 is 0 Å². The second-order valence-electron chi connectivity index (χ2n) is 6.18. The summed E-state index contributed by atoms with van der Waals surface area (Å²) in [5, 5.41) is 6.01. The number of carbonyl (C=O) groups is 2. The van der Waals surface area contributed by atoms with Crippen molar-refractivity contribution < 1.29 is 18.7 Å². The van der Waals surface area contributed by atoms with Crippen molar-refractivity contribution in [3.8, 4) is 5.75 Å². The molecule has 0 aliphatic heterocycles. The summed E-state index contributed by atoms with van der Waals surface area (Å²) in [6, 6.07) is 12.9. The lowest BCUT2D eigenvalue weighted by atomic mass is 10.3.